The number of aromatic nitrogens is 4. The highest BCUT2D eigenvalue weighted by atomic mass is 31.2. The van der Waals surface area contributed by atoms with Crippen LogP contribution in [-0.2, 0) is 68.8 Å². The van der Waals surface area contributed by atoms with Crippen LogP contribution < -0.4 is 31.7 Å². The van der Waals surface area contributed by atoms with Gasteiger partial charge in [-0.05, 0) is 117 Å². The van der Waals surface area contributed by atoms with E-state index in [-0.39, 0.29) is 71.8 Å². The Balaban J connectivity index is 0.828. The zero-order valence-electron chi connectivity index (χ0n) is 58.7. The summed E-state index contributed by atoms with van der Waals surface area (Å²) in [4.78, 5) is 98.9. The lowest BCUT2D eigenvalue weighted by molar-refractivity contribution is -0.153. The zero-order chi connectivity index (χ0) is 72.8. The van der Waals surface area contributed by atoms with E-state index in [1.807, 2.05) is 139 Å². The monoisotopic (exact) mass is 1460 g/mol. The molecule has 0 amide bonds. The van der Waals surface area contributed by atoms with E-state index in [4.69, 9.17) is 63.8 Å². The maximum absolute atomic E-state index is 14.8. The molecule has 24 nitrogen and oxygen atoms in total. The second-order valence-electron chi connectivity index (χ2n) is 29.2. The lowest BCUT2D eigenvalue weighted by atomic mass is 9.67. The third-order valence-corrected chi connectivity index (χ3v) is 21.5. The highest BCUT2D eigenvalue weighted by molar-refractivity contribution is 7.44. The number of nitrogens with zero attached hydrogens (tertiary/aromatic N) is 4. The van der Waals surface area contributed by atoms with Crippen molar-refractivity contribution >= 4 is 70.2 Å². The standard InChI is InChI=1S/C74H76N4O20P4/c1-69(2,3)51-37-43(23-27-55(51)87-99-91-61-47(65(81)95-99)19-15-31-75-61)73(13,44-24-28-56(52(38-44)70(4,5)6)88-100-92-62-48(66(82)96-100)20-16-32-76-62)41-59(79)85-35-36-86-60(80)42-74(14,45-25-29-57(53(39-45)71(7,8)9)89-101-93-63-49(67(83)97-101)21-17-33-77-63)46-26-30-58(54(40-46)72(10,11)12)90-102-94-64-50(68(84)98-102)22-18-34-78-64/h15-25,27-29,31-34,37-40H,26,30,35-36,41-42H2,1-14H3. The second kappa shape index (κ2) is 28.5. The number of esters is 2. The van der Waals surface area contributed by atoms with Gasteiger partial charge in [0.15, 0.2) is 0 Å². The Morgan fingerprint density at radius 2 is 0.706 bits per heavy atom. The molecule has 4 aliphatic heterocycles. The molecule has 0 N–H and O–H groups in total. The minimum atomic E-state index is -2.28. The van der Waals surface area contributed by atoms with E-state index in [0.29, 0.717) is 63.7 Å². The Hall–Kier alpha value is -9.32. The van der Waals surface area contributed by atoms with E-state index in [2.05, 4.69) is 19.9 Å². The third kappa shape index (κ3) is 15.7. The molecule has 3 aromatic carbocycles. The van der Waals surface area contributed by atoms with Crippen LogP contribution in [0.15, 0.2) is 151 Å². The fourth-order valence-corrected chi connectivity index (χ4v) is 15.9. The van der Waals surface area contributed by atoms with Crippen molar-refractivity contribution in [3.05, 3.63) is 207 Å². The number of ether oxygens (including phenoxy) is 2. The van der Waals surface area contributed by atoms with Crippen molar-refractivity contribution < 1.29 is 92.5 Å². The van der Waals surface area contributed by atoms with Gasteiger partial charge in [0.1, 0.15) is 58.5 Å². The number of carbonyl (C=O) groups is 6. The van der Waals surface area contributed by atoms with Gasteiger partial charge in [0, 0.05) is 58.7 Å². The lowest BCUT2D eigenvalue weighted by Gasteiger charge is -2.38. The molecule has 0 spiro atoms. The van der Waals surface area contributed by atoms with Crippen LogP contribution >= 0.6 is 34.4 Å². The summed E-state index contributed by atoms with van der Waals surface area (Å²) in [5.74, 6) is -1.73. The van der Waals surface area contributed by atoms with Gasteiger partial charge >= 0.3 is 70.2 Å². The molecule has 0 saturated carbocycles. The van der Waals surface area contributed by atoms with Crippen LogP contribution in [0.25, 0.3) is 0 Å². The van der Waals surface area contributed by atoms with Crippen LogP contribution in [0.2, 0.25) is 0 Å². The van der Waals surface area contributed by atoms with E-state index in [9.17, 15) is 28.8 Å². The molecular formula is C74H76N4O20P4. The van der Waals surface area contributed by atoms with Crippen molar-refractivity contribution in [1.29, 1.82) is 0 Å². The Kier molecular flexibility index (Phi) is 20.2. The summed E-state index contributed by atoms with van der Waals surface area (Å²) in [6.07, 6.45) is 8.34. The topological polar surface area (TPSA) is 283 Å². The molecule has 532 valence electrons. The minimum absolute atomic E-state index is 0.0867. The average molecular weight is 1470 g/mol. The van der Waals surface area contributed by atoms with Crippen molar-refractivity contribution in [3.63, 3.8) is 0 Å². The van der Waals surface area contributed by atoms with Crippen LogP contribution in [0.1, 0.15) is 197 Å². The number of pyridine rings is 4. The first-order valence-electron chi connectivity index (χ1n) is 32.8. The Bertz CT molecular complexity index is 4430. The predicted molar refractivity (Wildman–Crippen MR) is 376 cm³/mol. The number of hydrogen-bond acceptors (Lipinski definition) is 24. The molecule has 5 atom stereocenters. The van der Waals surface area contributed by atoms with Gasteiger partial charge in [-0.15, -0.1) is 0 Å². The molecule has 12 rings (SSSR count). The summed E-state index contributed by atoms with van der Waals surface area (Å²) in [5, 5.41) is 0. The fourth-order valence-electron chi connectivity index (χ4n) is 12.0. The summed E-state index contributed by atoms with van der Waals surface area (Å²) < 4.78 is 84.2. The van der Waals surface area contributed by atoms with Crippen LogP contribution in [-0.4, -0.2) is 69.0 Å². The molecule has 4 aromatic heterocycles. The normalized spacial score (nSPS) is 19.1. The van der Waals surface area contributed by atoms with Crippen LogP contribution in [0.5, 0.6) is 40.8 Å². The highest BCUT2D eigenvalue weighted by Gasteiger charge is 2.45. The molecule has 5 aliphatic rings. The van der Waals surface area contributed by atoms with Crippen molar-refractivity contribution in [2.24, 2.45) is 5.41 Å². The maximum Gasteiger partial charge on any atom is 0.534 e. The quantitative estimate of drug-likeness (QED) is 0.0413. The molecule has 0 saturated heterocycles. The summed E-state index contributed by atoms with van der Waals surface area (Å²) in [6, 6.07) is 29.3. The number of benzene rings is 3. The Labute approximate surface area is 595 Å². The average Bonchev–Trinajstić information content (AvgIpc) is 0.757. The predicted octanol–water partition coefficient (Wildman–Crippen LogP) is 17.4. The first-order chi connectivity index (χ1) is 48.2. The zero-order valence-corrected chi connectivity index (χ0v) is 62.3. The van der Waals surface area contributed by atoms with E-state index in [1.54, 1.807) is 66.7 Å². The highest BCUT2D eigenvalue weighted by Crippen LogP contribution is 2.56. The van der Waals surface area contributed by atoms with Gasteiger partial charge in [-0.1, -0.05) is 145 Å². The van der Waals surface area contributed by atoms with Gasteiger partial charge in [0.05, 0.1) is 12.8 Å². The van der Waals surface area contributed by atoms with E-state index >= 15 is 0 Å². The minimum Gasteiger partial charge on any atom is -0.462 e. The molecule has 0 bridgehead atoms. The summed E-state index contributed by atoms with van der Waals surface area (Å²) in [6.45, 7) is 27.4. The molecule has 8 heterocycles. The third-order valence-electron chi connectivity index (χ3n) is 17.6. The smallest absolute Gasteiger partial charge is 0.462 e. The van der Waals surface area contributed by atoms with Crippen molar-refractivity contribution in [1.82, 2.24) is 19.9 Å². The first-order valence-corrected chi connectivity index (χ1v) is 37.1. The molecule has 102 heavy (non-hydrogen) atoms. The molecule has 28 heteroatoms. The SMILES string of the molecule is CC(C)(C)C1=C(OP2OC(=O)c3cccnc3O2)CCC(C(C)(CC(=O)OCCOC(=O)CC(C)(c2ccc(OP3OC(=O)c4cccnc4O3)c(C(C)(C)C)c2)c2ccc(OP3OC(=O)c4cccnc4O3)c(C(C)(C)C)c2)c2ccc(OP3OC(=O)c4cccnc4O3)c(C(C)(C)C)c2)=C1. The van der Waals surface area contributed by atoms with Gasteiger partial charge in [0.25, 0.3) is 0 Å². The maximum atomic E-state index is 14.8. The van der Waals surface area contributed by atoms with Gasteiger partial charge in [-0.25, -0.2) is 39.1 Å². The summed E-state index contributed by atoms with van der Waals surface area (Å²) in [5.41, 5.74) is 1.84. The largest absolute Gasteiger partial charge is 0.534 e. The Morgan fingerprint density at radius 3 is 1.03 bits per heavy atom. The van der Waals surface area contributed by atoms with E-state index in [0.717, 1.165) is 16.7 Å². The summed E-state index contributed by atoms with van der Waals surface area (Å²) in [7, 11) is -9.06. The second-order valence-corrected chi connectivity index (χ2v) is 33.1. The van der Waals surface area contributed by atoms with Crippen molar-refractivity contribution in [3.8, 4) is 40.8 Å². The van der Waals surface area contributed by atoms with E-state index in [1.165, 1.54) is 24.8 Å². The number of rotatable bonds is 19. The van der Waals surface area contributed by atoms with Crippen LogP contribution in [0.3, 0.4) is 0 Å². The van der Waals surface area contributed by atoms with Gasteiger partial charge in [-0.2, -0.15) is 0 Å². The molecular weight excluding hydrogens is 1390 g/mol. The molecule has 5 unspecified atom stereocenters. The summed E-state index contributed by atoms with van der Waals surface area (Å²) >= 11 is 0. The van der Waals surface area contributed by atoms with Gasteiger partial charge in [0.2, 0.25) is 23.5 Å². The van der Waals surface area contributed by atoms with Crippen molar-refractivity contribution in [2.45, 2.75) is 150 Å². The van der Waals surface area contributed by atoms with E-state index < -0.39 is 103 Å². The lowest BCUT2D eigenvalue weighted by Crippen LogP contribution is -2.32. The molecule has 0 fully saturated rings. The molecule has 7 aromatic rings. The van der Waals surface area contributed by atoms with Crippen LogP contribution in [0, 0.1) is 5.41 Å². The number of hydrogen-bond donors (Lipinski definition) is 0. The molecule has 1 aliphatic carbocycles. The van der Waals surface area contributed by atoms with Gasteiger partial charge < -0.3 is 63.8 Å². The van der Waals surface area contributed by atoms with Crippen LogP contribution in [0.4, 0.5) is 0 Å². The first kappa shape index (κ1) is 72.5. The number of carbonyl (C=O) groups excluding carboxylic acids is 6. The van der Waals surface area contributed by atoms with Crippen molar-refractivity contribution in [2.75, 3.05) is 13.2 Å². The number of fused-ring (bicyclic) bond motifs is 4. The fraction of sp³-hybridized carbons (Fsp3) is 0.351. The number of allylic oxidation sites excluding steroid dienone is 4. The Morgan fingerprint density at radius 1 is 0.392 bits per heavy atom. The van der Waals surface area contributed by atoms with Gasteiger partial charge in [-0.3, -0.25) is 9.59 Å². The molecule has 0 radical (unpaired) electrons.